The van der Waals surface area contributed by atoms with Crippen LogP contribution < -0.4 is 11.4 Å². The lowest BCUT2D eigenvalue weighted by Crippen LogP contribution is -2.12. The van der Waals surface area contributed by atoms with Crippen LogP contribution in [0.5, 0.6) is 0 Å². The number of thiophene rings is 1. The molecule has 11 heavy (non-hydrogen) atoms. The van der Waals surface area contributed by atoms with Crippen molar-refractivity contribution >= 4 is 22.2 Å². The highest BCUT2D eigenvalue weighted by atomic mass is 32.1. The smallest absolute Gasteiger partial charge is 0.372 e. The minimum atomic E-state index is -0.707. The van der Waals surface area contributed by atoms with Gasteiger partial charge in [-0.3, -0.25) is 4.98 Å². The number of hydrogen-bond donors (Lipinski definition) is 1. The second-order valence-corrected chi connectivity index (χ2v) is 2.74. The monoisotopic (exact) mass is 169 g/mol. The van der Waals surface area contributed by atoms with Gasteiger partial charge in [0.25, 0.3) is 0 Å². The maximum Gasteiger partial charge on any atom is 0.419 e. The molecule has 0 unspecified atom stereocenters. The first kappa shape index (κ1) is 6.36. The average molecular weight is 169 g/mol. The van der Waals surface area contributed by atoms with E-state index in [9.17, 15) is 9.59 Å². The first-order valence-corrected chi connectivity index (χ1v) is 3.81. The molecule has 0 saturated carbocycles. The van der Waals surface area contributed by atoms with Crippen molar-refractivity contribution < 1.29 is 4.42 Å². The Kier molecular flexibility index (Phi) is 1.19. The molecule has 0 saturated heterocycles. The fraction of sp³-hybridized carbons (Fsp3) is 0. The molecule has 0 aromatic carbocycles. The largest absolute Gasteiger partial charge is 0.419 e. The number of H-pyrrole nitrogens is 1. The van der Waals surface area contributed by atoms with Crippen molar-refractivity contribution in [3.8, 4) is 0 Å². The van der Waals surface area contributed by atoms with Crippen LogP contribution in [0.25, 0.3) is 10.9 Å². The first-order valence-electron chi connectivity index (χ1n) is 2.87. The Morgan fingerprint density at radius 2 is 2.18 bits per heavy atom. The molecule has 0 radical (unpaired) electrons. The SMILES string of the molecule is O=c1[nH]c2cscc2c(=O)o1. The van der Waals surface area contributed by atoms with Crippen LogP contribution in [0.2, 0.25) is 0 Å². The molecule has 0 aliphatic rings. The maximum absolute atomic E-state index is 10.9. The third-order valence-corrected chi connectivity index (χ3v) is 2.05. The average Bonchev–Trinajstić information content (AvgIpc) is 2.34. The lowest BCUT2D eigenvalue weighted by Gasteiger charge is -1.83. The number of rotatable bonds is 0. The van der Waals surface area contributed by atoms with Gasteiger partial charge in [-0.2, -0.15) is 0 Å². The highest BCUT2D eigenvalue weighted by molar-refractivity contribution is 7.09. The molecule has 0 aliphatic heterocycles. The molecule has 2 aromatic heterocycles. The lowest BCUT2D eigenvalue weighted by molar-refractivity contribution is 0.460. The van der Waals surface area contributed by atoms with Gasteiger partial charge in [-0.25, -0.2) is 9.59 Å². The second kappa shape index (κ2) is 2.06. The lowest BCUT2D eigenvalue weighted by atomic mass is 10.4. The summed E-state index contributed by atoms with van der Waals surface area (Å²) in [6.45, 7) is 0. The van der Waals surface area contributed by atoms with Gasteiger partial charge in [0, 0.05) is 10.8 Å². The molecule has 4 nitrogen and oxygen atoms in total. The molecular weight excluding hydrogens is 166 g/mol. The third-order valence-electron chi connectivity index (χ3n) is 1.30. The van der Waals surface area contributed by atoms with Gasteiger partial charge < -0.3 is 4.42 Å². The Hall–Kier alpha value is -1.36. The van der Waals surface area contributed by atoms with Crippen LogP contribution in [0.15, 0.2) is 24.8 Å². The van der Waals surface area contributed by atoms with E-state index in [0.717, 1.165) is 0 Å². The number of aromatic amines is 1. The van der Waals surface area contributed by atoms with Crippen LogP contribution in [0.1, 0.15) is 0 Å². The van der Waals surface area contributed by atoms with Crippen molar-refractivity contribution in [3.63, 3.8) is 0 Å². The highest BCUT2D eigenvalue weighted by Gasteiger charge is 2.01. The third kappa shape index (κ3) is 0.894. The van der Waals surface area contributed by atoms with Crippen LogP contribution in [0.3, 0.4) is 0 Å². The fourth-order valence-corrected chi connectivity index (χ4v) is 1.58. The van der Waals surface area contributed by atoms with Gasteiger partial charge in [0.05, 0.1) is 10.9 Å². The minimum absolute atomic E-state index is 0.426. The summed E-state index contributed by atoms with van der Waals surface area (Å²) in [7, 11) is 0. The van der Waals surface area contributed by atoms with E-state index in [-0.39, 0.29) is 0 Å². The number of fused-ring (bicyclic) bond motifs is 1. The number of aromatic nitrogens is 1. The predicted molar refractivity (Wildman–Crippen MR) is 41.0 cm³/mol. The standard InChI is InChI=1S/C6H3NO3S/c8-5-3-1-11-2-4(3)7-6(9)10-5/h1-2H,(H,7,9). The summed E-state index contributed by atoms with van der Waals surface area (Å²) < 4.78 is 4.29. The van der Waals surface area contributed by atoms with Crippen molar-refractivity contribution in [1.82, 2.24) is 4.98 Å². The fourth-order valence-electron chi connectivity index (χ4n) is 0.827. The summed E-state index contributed by atoms with van der Waals surface area (Å²) in [4.78, 5) is 23.9. The molecular formula is C6H3NO3S. The van der Waals surface area contributed by atoms with Gasteiger partial charge in [0.15, 0.2) is 0 Å². The van der Waals surface area contributed by atoms with Crippen LogP contribution in [0.4, 0.5) is 0 Å². The van der Waals surface area contributed by atoms with E-state index in [1.165, 1.54) is 11.3 Å². The van der Waals surface area contributed by atoms with Gasteiger partial charge >= 0.3 is 11.4 Å². The Morgan fingerprint density at radius 1 is 1.36 bits per heavy atom. The molecule has 0 atom stereocenters. The van der Waals surface area contributed by atoms with E-state index in [4.69, 9.17) is 0 Å². The molecule has 5 heteroatoms. The van der Waals surface area contributed by atoms with E-state index in [2.05, 4.69) is 9.40 Å². The quantitative estimate of drug-likeness (QED) is 0.626. The van der Waals surface area contributed by atoms with Crippen molar-refractivity contribution in [2.24, 2.45) is 0 Å². The van der Waals surface area contributed by atoms with Gasteiger partial charge in [-0.05, 0) is 0 Å². The maximum atomic E-state index is 10.9. The summed E-state index contributed by atoms with van der Waals surface area (Å²) in [5, 5.41) is 3.75. The predicted octanol–water partition coefficient (Wildman–Crippen LogP) is 0.543. The van der Waals surface area contributed by atoms with E-state index in [1.807, 2.05) is 0 Å². The van der Waals surface area contributed by atoms with Gasteiger partial charge in [0.2, 0.25) is 0 Å². The summed E-state index contributed by atoms with van der Waals surface area (Å²) >= 11 is 1.35. The summed E-state index contributed by atoms with van der Waals surface area (Å²) in [6, 6.07) is 0. The van der Waals surface area contributed by atoms with E-state index in [1.54, 1.807) is 10.8 Å². The van der Waals surface area contributed by atoms with E-state index in [0.29, 0.717) is 10.9 Å². The van der Waals surface area contributed by atoms with Gasteiger partial charge in [0.1, 0.15) is 0 Å². The van der Waals surface area contributed by atoms with Crippen LogP contribution in [0, 0.1) is 0 Å². The van der Waals surface area contributed by atoms with Crippen molar-refractivity contribution in [2.75, 3.05) is 0 Å². The number of hydrogen-bond acceptors (Lipinski definition) is 4. The van der Waals surface area contributed by atoms with Crippen molar-refractivity contribution in [2.45, 2.75) is 0 Å². The molecule has 2 heterocycles. The molecule has 56 valence electrons. The zero-order chi connectivity index (χ0) is 7.84. The van der Waals surface area contributed by atoms with E-state index >= 15 is 0 Å². The normalized spacial score (nSPS) is 10.5. The molecule has 0 amide bonds. The highest BCUT2D eigenvalue weighted by Crippen LogP contribution is 2.09. The molecule has 0 bridgehead atoms. The molecule has 2 aromatic rings. The Balaban J connectivity index is 3.15. The summed E-state index contributed by atoms with van der Waals surface area (Å²) in [5.41, 5.74) is -0.0405. The Labute approximate surface area is 64.1 Å². The van der Waals surface area contributed by atoms with Crippen LogP contribution >= 0.6 is 11.3 Å². The van der Waals surface area contributed by atoms with Crippen LogP contribution in [-0.2, 0) is 0 Å². The zero-order valence-electron chi connectivity index (χ0n) is 5.29. The Morgan fingerprint density at radius 3 is 3.00 bits per heavy atom. The molecule has 1 N–H and O–H groups in total. The molecule has 0 spiro atoms. The summed E-state index contributed by atoms with van der Waals surface area (Å²) in [6.07, 6.45) is 0. The topological polar surface area (TPSA) is 63.1 Å². The molecule has 2 rings (SSSR count). The van der Waals surface area contributed by atoms with Crippen molar-refractivity contribution in [1.29, 1.82) is 0 Å². The first-order chi connectivity index (χ1) is 5.27. The molecule has 0 aliphatic carbocycles. The summed E-state index contributed by atoms with van der Waals surface area (Å²) in [5.74, 6) is -0.707. The second-order valence-electron chi connectivity index (χ2n) is 2.00. The zero-order valence-corrected chi connectivity index (χ0v) is 6.10. The minimum Gasteiger partial charge on any atom is -0.372 e. The molecule has 0 fully saturated rings. The van der Waals surface area contributed by atoms with Crippen LogP contribution in [-0.4, -0.2) is 4.98 Å². The van der Waals surface area contributed by atoms with Crippen molar-refractivity contribution in [3.05, 3.63) is 31.7 Å². The number of nitrogens with one attached hydrogen (secondary N) is 1. The Bertz CT molecular complexity index is 492. The van der Waals surface area contributed by atoms with Gasteiger partial charge in [-0.1, -0.05) is 0 Å². The van der Waals surface area contributed by atoms with E-state index < -0.39 is 11.4 Å². The van der Waals surface area contributed by atoms with Gasteiger partial charge in [-0.15, -0.1) is 11.3 Å².